The fourth-order valence-electron chi connectivity index (χ4n) is 7.21. The van der Waals surface area contributed by atoms with Gasteiger partial charge in [0, 0.05) is 36.9 Å². The van der Waals surface area contributed by atoms with E-state index in [-0.39, 0.29) is 11.2 Å². The molecule has 2 aromatic heterocycles. The van der Waals surface area contributed by atoms with Gasteiger partial charge in [0.15, 0.2) is 0 Å². The maximum atomic E-state index is 13.7. The van der Waals surface area contributed by atoms with Gasteiger partial charge in [-0.3, -0.25) is 4.57 Å². The van der Waals surface area contributed by atoms with Crippen LogP contribution in [0.5, 0.6) is 0 Å². The third kappa shape index (κ3) is 5.44. The molecule has 0 radical (unpaired) electrons. The number of hydrogen-bond donors (Lipinski definition) is 0. The maximum Gasteiger partial charge on any atom is 0.147 e. The van der Waals surface area contributed by atoms with Crippen LogP contribution in [0.4, 0.5) is 4.39 Å². The lowest BCUT2D eigenvalue weighted by Crippen LogP contribution is -2.13. The predicted octanol–water partition coefficient (Wildman–Crippen LogP) is 13.5. The second-order valence-electron chi connectivity index (χ2n) is 14.2. The van der Waals surface area contributed by atoms with Crippen molar-refractivity contribution >= 4 is 42.5 Å². The summed E-state index contributed by atoms with van der Waals surface area (Å²) >= 11 is 1.79. The number of imidazole rings is 1. The van der Waals surface area contributed by atoms with Crippen LogP contribution in [0.2, 0.25) is 0 Å². The van der Waals surface area contributed by atoms with Crippen molar-refractivity contribution in [2.24, 2.45) is 0 Å². The molecule has 51 heavy (non-hydrogen) atoms. The average Bonchev–Trinajstić information content (AvgIpc) is 3.73. The van der Waals surface area contributed by atoms with Crippen LogP contribution < -0.4 is 0 Å². The molecule has 0 saturated carbocycles. The van der Waals surface area contributed by atoms with Crippen LogP contribution in [0, 0.1) is 5.82 Å². The average molecular weight is 679 g/mol. The lowest BCUT2D eigenvalue weighted by atomic mass is 9.82. The van der Waals surface area contributed by atoms with Crippen LogP contribution in [0.1, 0.15) is 26.3 Å². The summed E-state index contributed by atoms with van der Waals surface area (Å²) in [6, 6.07) is 54.6. The Balaban J connectivity index is 1.37. The molecule has 0 bridgehead atoms. The fraction of sp³-hybridized carbons (Fsp3) is 0.0851. The summed E-state index contributed by atoms with van der Waals surface area (Å²) in [5.41, 5.74) is 12.1. The molecule has 7 aromatic carbocycles. The van der Waals surface area contributed by atoms with E-state index in [9.17, 15) is 4.39 Å². The molecule has 0 spiro atoms. The van der Waals surface area contributed by atoms with E-state index in [2.05, 4.69) is 159 Å². The van der Waals surface area contributed by atoms with E-state index in [1.807, 2.05) is 12.1 Å². The Kier molecular flexibility index (Phi) is 7.45. The minimum atomic E-state index is -0.229. The molecule has 0 aliphatic heterocycles. The monoisotopic (exact) mass is 678 g/mol. The largest absolute Gasteiger partial charge is 0.291 e. The normalized spacial score (nSPS) is 11.9. The first-order valence-corrected chi connectivity index (χ1v) is 18.1. The van der Waals surface area contributed by atoms with Crippen LogP contribution in [0.25, 0.3) is 81.7 Å². The van der Waals surface area contributed by atoms with E-state index < -0.39 is 0 Å². The molecule has 0 amide bonds. The third-order valence-corrected chi connectivity index (χ3v) is 11.0. The highest BCUT2D eigenvalue weighted by Crippen LogP contribution is 2.46. The molecule has 9 aromatic rings. The molecule has 2 heterocycles. The summed E-state index contributed by atoms with van der Waals surface area (Å²) in [5.74, 6) is 0.679. The minimum absolute atomic E-state index is 0.0686. The second kappa shape index (κ2) is 12.2. The number of rotatable bonds is 5. The van der Waals surface area contributed by atoms with Gasteiger partial charge in [-0.25, -0.2) is 9.37 Å². The molecule has 9 rings (SSSR count). The molecule has 0 aliphatic carbocycles. The molecule has 0 aliphatic rings. The molecule has 0 saturated heterocycles. The van der Waals surface area contributed by atoms with E-state index in [1.165, 1.54) is 49.0 Å². The number of benzene rings is 7. The van der Waals surface area contributed by atoms with E-state index in [4.69, 9.17) is 4.98 Å². The van der Waals surface area contributed by atoms with Gasteiger partial charge in [0.2, 0.25) is 0 Å². The number of thiophene rings is 1. The van der Waals surface area contributed by atoms with E-state index in [0.717, 1.165) is 50.4 Å². The van der Waals surface area contributed by atoms with Gasteiger partial charge in [-0.05, 0) is 81.8 Å². The first-order chi connectivity index (χ1) is 24.8. The predicted molar refractivity (Wildman–Crippen MR) is 214 cm³/mol. The zero-order chi connectivity index (χ0) is 34.7. The number of hydrogen-bond acceptors (Lipinski definition) is 2. The molecule has 2 nitrogen and oxygen atoms in total. The van der Waals surface area contributed by atoms with Crippen molar-refractivity contribution in [2.75, 3.05) is 0 Å². The fourth-order valence-corrected chi connectivity index (χ4v) is 8.46. The Morgan fingerprint density at radius 1 is 0.549 bits per heavy atom. The first-order valence-electron chi connectivity index (χ1n) is 17.3. The Morgan fingerprint density at radius 3 is 1.84 bits per heavy atom. The summed E-state index contributed by atoms with van der Waals surface area (Å²) in [7, 11) is 0. The van der Waals surface area contributed by atoms with Gasteiger partial charge in [-0.2, -0.15) is 0 Å². The Labute approximate surface area is 301 Å². The third-order valence-electron chi connectivity index (χ3n) is 9.85. The van der Waals surface area contributed by atoms with Crippen LogP contribution in [-0.4, -0.2) is 9.55 Å². The second-order valence-corrected chi connectivity index (χ2v) is 15.2. The highest BCUT2D eigenvalue weighted by molar-refractivity contribution is 7.26. The van der Waals surface area contributed by atoms with Crippen molar-refractivity contribution in [2.45, 2.75) is 26.2 Å². The maximum absolute atomic E-state index is 13.7. The molecular formula is C47H35FN2S. The van der Waals surface area contributed by atoms with Gasteiger partial charge < -0.3 is 0 Å². The molecule has 0 unspecified atom stereocenters. The van der Waals surface area contributed by atoms with Crippen molar-refractivity contribution in [3.8, 4) is 50.5 Å². The van der Waals surface area contributed by atoms with Crippen molar-refractivity contribution in [1.29, 1.82) is 0 Å². The van der Waals surface area contributed by atoms with Gasteiger partial charge in [0.25, 0.3) is 0 Å². The van der Waals surface area contributed by atoms with Crippen LogP contribution in [0.15, 0.2) is 158 Å². The van der Waals surface area contributed by atoms with Gasteiger partial charge in [0.05, 0.1) is 16.7 Å². The zero-order valence-electron chi connectivity index (χ0n) is 28.7. The van der Waals surface area contributed by atoms with Crippen LogP contribution in [0.3, 0.4) is 0 Å². The molecule has 0 N–H and O–H groups in total. The molecule has 246 valence electrons. The lowest BCUT2D eigenvalue weighted by Gasteiger charge is -2.26. The summed E-state index contributed by atoms with van der Waals surface area (Å²) in [6.45, 7) is 6.85. The quantitative estimate of drug-likeness (QED) is 0.177. The molecule has 0 atom stereocenters. The summed E-state index contributed by atoms with van der Waals surface area (Å²) in [5, 5.41) is 2.40. The lowest BCUT2D eigenvalue weighted by molar-refractivity contribution is 0.590. The van der Waals surface area contributed by atoms with Crippen LogP contribution in [-0.2, 0) is 5.41 Å². The summed E-state index contributed by atoms with van der Waals surface area (Å²) in [6.07, 6.45) is 0. The summed E-state index contributed by atoms with van der Waals surface area (Å²) in [4.78, 5) is 5.43. The van der Waals surface area contributed by atoms with Gasteiger partial charge >= 0.3 is 0 Å². The van der Waals surface area contributed by atoms with Crippen molar-refractivity contribution in [1.82, 2.24) is 9.55 Å². The topological polar surface area (TPSA) is 17.8 Å². The smallest absolute Gasteiger partial charge is 0.147 e. The summed E-state index contributed by atoms with van der Waals surface area (Å²) < 4.78 is 18.5. The molecular weight excluding hydrogens is 644 g/mol. The van der Waals surface area contributed by atoms with Gasteiger partial charge in [-0.15, -0.1) is 11.3 Å². The highest BCUT2D eigenvalue weighted by atomic mass is 32.1. The highest BCUT2D eigenvalue weighted by Gasteiger charge is 2.26. The Hall–Kier alpha value is -5.84. The van der Waals surface area contributed by atoms with Gasteiger partial charge in [0.1, 0.15) is 11.6 Å². The van der Waals surface area contributed by atoms with Crippen molar-refractivity contribution in [3.63, 3.8) is 0 Å². The number of halogens is 1. The standard InChI is InChI=1S/C47H35FN2S/c1-47(2,3)34-28-39(31-13-6-4-7-14-31)44(40(29-34)32-15-8-5-9-16-32)50-42-20-11-10-19-41(42)49-46(50)38-18-12-17-37-36-26-23-33(27-43(36)51-45(37)38)30-21-24-35(48)25-22-30/h4-29H,1-3H3. The van der Waals surface area contributed by atoms with E-state index in [0.29, 0.717) is 0 Å². The zero-order valence-corrected chi connectivity index (χ0v) is 29.5. The van der Waals surface area contributed by atoms with Crippen LogP contribution >= 0.6 is 11.3 Å². The van der Waals surface area contributed by atoms with Gasteiger partial charge in [-0.1, -0.05) is 130 Å². The Morgan fingerprint density at radius 2 is 1.18 bits per heavy atom. The first kappa shape index (κ1) is 31.2. The van der Waals surface area contributed by atoms with E-state index >= 15 is 0 Å². The number of aromatic nitrogens is 2. The number of nitrogens with zero attached hydrogens (tertiary/aromatic N) is 2. The van der Waals surface area contributed by atoms with Crippen molar-refractivity contribution < 1.29 is 4.39 Å². The van der Waals surface area contributed by atoms with Crippen molar-refractivity contribution in [3.05, 3.63) is 169 Å². The number of fused-ring (bicyclic) bond motifs is 4. The number of para-hydroxylation sites is 2. The van der Waals surface area contributed by atoms with E-state index in [1.54, 1.807) is 11.3 Å². The Bertz CT molecular complexity index is 2650. The minimum Gasteiger partial charge on any atom is -0.291 e. The molecule has 4 heteroatoms. The molecule has 0 fully saturated rings. The SMILES string of the molecule is CC(C)(C)c1cc(-c2ccccc2)c(-n2c(-c3cccc4c3sc3cc(-c5ccc(F)cc5)ccc34)nc3ccccc32)c(-c2ccccc2)c1.